The molecule has 92 valence electrons. The van der Waals surface area contributed by atoms with Crippen molar-refractivity contribution in [3.05, 3.63) is 33.9 Å². The first kappa shape index (κ1) is 13.1. The molecule has 0 saturated heterocycles. The zero-order valence-corrected chi connectivity index (χ0v) is 9.85. The van der Waals surface area contributed by atoms with E-state index in [-0.39, 0.29) is 11.4 Å². The fourth-order valence-corrected chi connectivity index (χ4v) is 1.17. The van der Waals surface area contributed by atoms with Gasteiger partial charge in [-0.3, -0.25) is 14.9 Å². The molecule has 0 fully saturated rings. The molecule has 6 heteroatoms. The van der Waals surface area contributed by atoms with E-state index in [1.165, 1.54) is 26.0 Å². The number of anilines is 1. The first-order valence-electron chi connectivity index (χ1n) is 5.00. The van der Waals surface area contributed by atoms with Crippen molar-refractivity contribution in [2.45, 2.75) is 26.4 Å². The van der Waals surface area contributed by atoms with Gasteiger partial charge in [-0.2, -0.15) is 0 Å². The maximum absolute atomic E-state index is 11.5. The number of carbonyl (C=O) groups excluding carboxylic acids is 1. The second-order valence-electron chi connectivity index (χ2n) is 4.27. The van der Waals surface area contributed by atoms with Gasteiger partial charge in [-0.1, -0.05) is 6.07 Å². The minimum Gasteiger partial charge on any atom is -0.381 e. The smallest absolute Gasteiger partial charge is 0.274 e. The summed E-state index contributed by atoms with van der Waals surface area (Å²) in [5.74, 6) is -0.615. The number of rotatable bonds is 3. The van der Waals surface area contributed by atoms with Crippen LogP contribution in [0.15, 0.2) is 18.2 Å². The molecule has 0 radical (unpaired) electrons. The summed E-state index contributed by atoms with van der Waals surface area (Å²) in [7, 11) is 0. The van der Waals surface area contributed by atoms with Crippen molar-refractivity contribution in [3.8, 4) is 0 Å². The van der Waals surface area contributed by atoms with Crippen LogP contribution in [0.3, 0.4) is 0 Å². The largest absolute Gasteiger partial charge is 0.381 e. The summed E-state index contributed by atoms with van der Waals surface area (Å²) in [6.45, 7) is 4.29. The Kier molecular flexibility index (Phi) is 3.47. The Morgan fingerprint density at radius 3 is 2.53 bits per heavy atom. The Morgan fingerprint density at radius 1 is 1.47 bits per heavy atom. The number of nitrogens with zero attached hydrogens (tertiary/aromatic N) is 1. The zero-order chi connectivity index (χ0) is 13.2. The first-order valence-corrected chi connectivity index (χ1v) is 5.00. The van der Waals surface area contributed by atoms with Gasteiger partial charge in [-0.25, -0.2) is 0 Å². The molecule has 0 aliphatic carbocycles. The van der Waals surface area contributed by atoms with Crippen LogP contribution < -0.4 is 5.32 Å². The van der Waals surface area contributed by atoms with E-state index in [4.69, 9.17) is 0 Å². The molecule has 1 amide bonds. The predicted molar refractivity (Wildman–Crippen MR) is 62.8 cm³/mol. The molecule has 0 saturated carbocycles. The zero-order valence-electron chi connectivity index (χ0n) is 9.85. The van der Waals surface area contributed by atoms with Crippen molar-refractivity contribution in [3.63, 3.8) is 0 Å². The van der Waals surface area contributed by atoms with Crippen LogP contribution >= 0.6 is 0 Å². The number of nitro benzene ring substituents is 1. The number of benzene rings is 1. The highest BCUT2D eigenvalue weighted by molar-refractivity contribution is 5.96. The van der Waals surface area contributed by atoms with E-state index in [0.29, 0.717) is 5.56 Å². The lowest BCUT2D eigenvalue weighted by Crippen LogP contribution is -2.36. The standard InChI is InChI=1S/C11H14N2O4/c1-7-4-5-8(6-9(7)13(16)17)12-10(14)11(2,3)15/h4-6,15H,1-3H3,(H,12,14). The number of aliphatic hydroxyl groups is 1. The number of nitrogens with one attached hydrogen (secondary N) is 1. The van der Waals surface area contributed by atoms with Gasteiger partial charge < -0.3 is 10.4 Å². The molecule has 0 aliphatic rings. The van der Waals surface area contributed by atoms with Gasteiger partial charge in [0.2, 0.25) is 0 Å². The fourth-order valence-electron chi connectivity index (χ4n) is 1.17. The number of amides is 1. The number of hydrogen-bond acceptors (Lipinski definition) is 4. The summed E-state index contributed by atoms with van der Waals surface area (Å²) in [6, 6.07) is 4.35. The van der Waals surface area contributed by atoms with Crippen LogP contribution in [0.2, 0.25) is 0 Å². The summed E-state index contributed by atoms with van der Waals surface area (Å²) in [5.41, 5.74) is -0.802. The number of hydrogen-bond donors (Lipinski definition) is 2. The Morgan fingerprint density at radius 2 is 2.06 bits per heavy atom. The summed E-state index contributed by atoms with van der Waals surface area (Å²) in [4.78, 5) is 21.7. The van der Waals surface area contributed by atoms with E-state index in [2.05, 4.69) is 5.32 Å². The molecule has 1 aromatic carbocycles. The van der Waals surface area contributed by atoms with Crippen molar-refractivity contribution < 1.29 is 14.8 Å². The minimum absolute atomic E-state index is 0.0708. The third-order valence-electron chi connectivity index (χ3n) is 2.22. The van der Waals surface area contributed by atoms with Crippen LogP contribution in [0.25, 0.3) is 0 Å². The average molecular weight is 238 g/mol. The Hall–Kier alpha value is -1.95. The topological polar surface area (TPSA) is 92.5 Å². The van der Waals surface area contributed by atoms with Gasteiger partial charge >= 0.3 is 0 Å². The summed E-state index contributed by atoms with van der Waals surface area (Å²) >= 11 is 0. The summed E-state index contributed by atoms with van der Waals surface area (Å²) in [6.07, 6.45) is 0. The van der Waals surface area contributed by atoms with Gasteiger partial charge in [0.05, 0.1) is 4.92 Å². The molecule has 0 aliphatic heterocycles. The molecule has 0 atom stereocenters. The molecule has 0 heterocycles. The lowest BCUT2D eigenvalue weighted by atomic mass is 10.1. The SMILES string of the molecule is Cc1ccc(NC(=O)C(C)(C)O)cc1[N+](=O)[O-]. The van der Waals surface area contributed by atoms with E-state index in [1.807, 2.05) is 0 Å². The first-order chi connectivity index (χ1) is 7.71. The molecule has 0 unspecified atom stereocenters. The van der Waals surface area contributed by atoms with Crippen molar-refractivity contribution in [1.29, 1.82) is 0 Å². The maximum Gasteiger partial charge on any atom is 0.274 e. The molecule has 0 aromatic heterocycles. The van der Waals surface area contributed by atoms with Gasteiger partial charge in [-0.15, -0.1) is 0 Å². The fraction of sp³-hybridized carbons (Fsp3) is 0.364. The van der Waals surface area contributed by atoms with Gasteiger partial charge in [-0.05, 0) is 26.8 Å². The van der Waals surface area contributed by atoms with Crippen LogP contribution in [0, 0.1) is 17.0 Å². The third-order valence-corrected chi connectivity index (χ3v) is 2.22. The summed E-state index contributed by atoms with van der Waals surface area (Å²) < 4.78 is 0. The third kappa shape index (κ3) is 3.25. The van der Waals surface area contributed by atoms with E-state index in [1.54, 1.807) is 13.0 Å². The lowest BCUT2D eigenvalue weighted by molar-refractivity contribution is -0.385. The Balaban J connectivity index is 2.98. The second kappa shape index (κ2) is 4.50. The minimum atomic E-state index is -1.53. The normalized spacial score (nSPS) is 11.1. The van der Waals surface area contributed by atoms with Gasteiger partial charge in [0.1, 0.15) is 5.60 Å². The Bertz CT molecular complexity index is 463. The van der Waals surface area contributed by atoms with Gasteiger partial charge in [0, 0.05) is 17.3 Å². The molecular weight excluding hydrogens is 224 g/mol. The van der Waals surface area contributed by atoms with Crippen LogP contribution in [0.1, 0.15) is 19.4 Å². The average Bonchev–Trinajstić information content (AvgIpc) is 2.19. The molecule has 0 bridgehead atoms. The number of carbonyl (C=O) groups is 1. The van der Waals surface area contributed by atoms with Crippen LogP contribution in [0.4, 0.5) is 11.4 Å². The number of nitro groups is 1. The highest BCUT2D eigenvalue weighted by atomic mass is 16.6. The molecule has 0 spiro atoms. The van der Waals surface area contributed by atoms with Crippen molar-refractivity contribution in [2.24, 2.45) is 0 Å². The highest BCUT2D eigenvalue weighted by Gasteiger charge is 2.24. The van der Waals surface area contributed by atoms with Crippen LogP contribution in [-0.2, 0) is 4.79 Å². The molecular formula is C11H14N2O4. The molecule has 1 rings (SSSR count). The molecule has 6 nitrogen and oxygen atoms in total. The second-order valence-corrected chi connectivity index (χ2v) is 4.27. The molecule has 17 heavy (non-hydrogen) atoms. The quantitative estimate of drug-likeness (QED) is 0.618. The maximum atomic E-state index is 11.5. The summed E-state index contributed by atoms with van der Waals surface area (Å²) in [5, 5.41) is 22.5. The van der Waals surface area contributed by atoms with Crippen molar-refractivity contribution in [2.75, 3.05) is 5.32 Å². The molecule has 1 aromatic rings. The van der Waals surface area contributed by atoms with E-state index < -0.39 is 16.4 Å². The lowest BCUT2D eigenvalue weighted by Gasteiger charge is -2.16. The monoisotopic (exact) mass is 238 g/mol. The van der Waals surface area contributed by atoms with E-state index >= 15 is 0 Å². The van der Waals surface area contributed by atoms with Gasteiger partial charge in [0.15, 0.2) is 0 Å². The van der Waals surface area contributed by atoms with E-state index in [0.717, 1.165) is 0 Å². The Labute approximate surface area is 98.4 Å². The van der Waals surface area contributed by atoms with Crippen molar-refractivity contribution >= 4 is 17.3 Å². The molecule has 2 N–H and O–H groups in total. The van der Waals surface area contributed by atoms with Crippen LogP contribution in [-0.4, -0.2) is 21.5 Å². The highest BCUT2D eigenvalue weighted by Crippen LogP contribution is 2.22. The van der Waals surface area contributed by atoms with Gasteiger partial charge in [0.25, 0.3) is 11.6 Å². The number of aryl methyl sites for hydroxylation is 1. The predicted octanol–water partition coefficient (Wildman–Crippen LogP) is 1.61. The van der Waals surface area contributed by atoms with E-state index in [9.17, 15) is 20.0 Å². The van der Waals surface area contributed by atoms with Crippen LogP contribution in [0.5, 0.6) is 0 Å². The van der Waals surface area contributed by atoms with Crippen molar-refractivity contribution in [1.82, 2.24) is 0 Å².